The smallest absolute Gasteiger partial charge is 0.233 e. The van der Waals surface area contributed by atoms with Gasteiger partial charge in [-0.15, -0.1) is 10.2 Å². The maximum atomic E-state index is 12.4. The molecular weight excluding hydrogens is 338 g/mol. The van der Waals surface area contributed by atoms with E-state index < -0.39 is 0 Å². The first-order chi connectivity index (χ1) is 12.2. The number of amides is 1. The van der Waals surface area contributed by atoms with Gasteiger partial charge in [-0.2, -0.15) is 0 Å². The zero-order valence-corrected chi connectivity index (χ0v) is 14.9. The summed E-state index contributed by atoms with van der Waals surface area (Å²) in [6.45, 7) is 3.19. The molecule has 0 atom stereocenters. The highest BCUT2D eigenvalue weighted by Crippen LogP contribution is 2.24. The zero-order chi connectivity index (χ0) is 17.6. The molecule has 0 N–H and O–H groups in total. The number of carbonyl (C=O) groups is 1. The number of carbonyl (C=O) groups excluding carboxylic acids is 1. The van der Waals surface area contributed by atoms with Crippen LogP contribution in [0.3, 0.4) is 0 Å². The van der Waals surface area contributed by atoms with Gasteiger partial charge in [0.2, 0.25) is 5.91 Å². The van der Waals surface area contributed by atoms with Crippen molar-refractivity contribution in [1.29, 1.82) is 0 Å². The molecule has 0 aliphatic rings. The van der Waals surface area contributed by atoms with Gasteiger partial charge < -0.3 is 9.32 Å². The fourth-order valence-electron chi connectivity index (χ4n) is 2.33. The van der Waals surface area contributed by atoms with Crippen LogP contribution in [0.4, 0.5) is 0 Å². The lowest BCUT2D eigenvalue weighted by Crippen LogP contribution is -2.28. The fourth-order valence-corrected chi connectivity index (χ4v) is 3.27. The van der Waals surface area contributed by atoms with E-state index in [0.29, 0.717) is 35.6 Å². The molecule has 8 heteroatoms. The van der Waals surface area contributed by atoms with Crippen molar-refractivity contribution in [2.75, 3.05) is 12.8 Å². The summed E-state index contributed by atoms with van der Waals surface area (Å²) in [5, 5.41) is 9.08. The van der Waals surface area contributed by atoms with Crippen LogP contribution in [0.15, 0.2) is 52.4 Å². The molecule has 3 heterocycles. The summed E-state index contributed by atoms with van der Waals surface area (Å²) in [4.78, 5) is 18.3. The summed E-state index contributed by atoms with van der Waals surface area (Å²) in [7, 11) is 1.77. The lowest BCUT2D eigenvalue weighted by molar-refractivity contribution is -0.127. The van der Waals surface area contributed by atoms with E-state index in [0.717, 1.165) is 5.69 Å². The van der Waals surface area contributed by atoms with Crippen LogP contribution in [0.2, 0.25) is 0 Å². The molecule has 25 heavy (non-hydrogen) atoms. The Morgan fingerprint density at radius 2 is 2.16 bits per heavy atom. The van der Waals surface area contributed by atoms with E-state index >= 15 is 0 Å². The van der Waals surface area contributed by atoms with Crippen LogP contribution in [-0.4, -0.2) is 43.4 Å². The number of thioether (sulfide) groups is 1. The van der Waals surface area contributed by atoms with Gasteiger partial charge >= 0.3 is 0 Å². The Labute approximate surface area is 150 Å². The van der Waals surface area contributed by atoms with E-state index in [1.807, 2.05) is 41.8 Å². The summed E-state index contributed by atoms with van der Waals surface area (Å²) < 4.78 is 7.33. The highest BCUT2D eigenvalue weighted by Gasteiger charge is 2.17. The van der Waals surface area contributed by atoms with Crippen LogP contribution < -0.4 is 0 Å². The lowest BCUT2D eigenvalue weighted by atomic mass is 10.3. The third-order valence-electron chi connectivity index (χ3n) is 3.65. The maximum absolute atomic E-state index is 12.4. The van der Waals surface area contributed by atoms with Crippen molar-refractivity contribution in [3.8, 4) is 11.6 Å². The number of hydrogen-bond donors (Lipinski definition) is 0. The SMILES string of the molecule is CCn1c(SCC(=O)N(C)Cc2ccccn2)nnc1-c1ccco1. The Morgan fingerprint density at radius 1 is 1.28 bits per heavy atom. The summed E-state index contributed by atoms with van der Waals surface area (Å²) in [5.41, 5.74) is 0.861. The van der Waals surface area contributed by atoms with Gasteiger partial charge in [0.15, 0.2) is 16.7 Å². The zero-order valence-electron chi connectivity index (χ0n) is 14.1. The van der Waals surface area contributed by atoms with Crippen LogP contribution in [-0.2, 0) is 17.9 Å². The third kappa shape index (κ3) is 4.08. The number of nitrogens with zero attached hydrogens (tertiary/aromatic N) is 5. The van der Waals surface area contributed by atoms with E-state index in [4.69, 9.17) is 4.42 Å². The molecule has 0 aliphatic heterocycles. The Morgan fingerprint density at radius 3 is 2.84 bits per heavy atom. The van der Waals surface area contributed by atoms with E-state index in [1.165, 1.54) is 11.8 Å². The summed E-state index contributed by atoms with van der Waals surface area (Å²) in [6, 6.07) is 9.33. The monoisotopic (exact) mass is 357 g/mol. The van der Waals surface area contributed by atoms with Gasteiger partial charge in [0.05, 0.1) is 24.3 Å². The molecule has 3 aromatic heterocycles. The second-order valence-corrected chi connectivity index (χ2v) is 6.33. The van der Waals surface area contributed by atoms with Crippen molar-refractivity contribution in [1.82, 2.24) is 24.6 Å². The number of aromatic nitrogens is 4. The number of pyridine rings is 1. The van der Waals surface area contributed by atoms with Gasteiger partial charge in [-0.3, -0.25) is 14.3 Å². The Bertz CT molecular complexity index is 817. The van der Waals surface area contributed by atoms with Gasteiger partial charge in [0.1, 0.15) is 0 Å². The fraction of sp³-hybridized carbons (Fsp3) is 0.294. The van der Waals surface area contributed by atoms with Crippen LogP contribution in [0.1, 0.15) is 12.6 Å². The molecule has 0 spiro atoms. The average Bonchev–Trinajstić information content (AvgIpc) is 3.29. The number of furan rings is 1. The van der Waals surface area contributed by atoms with E-state index in [-0.39, 0.29) is 5.91 Å². The Balaban J connectivity index is 1.62. The predicted octanol–water partition coefficient (Wildman–Crippen LogP) is 2.70. The van der Waals surface area contributed by atoms with E-state index in [2.05, 4.69) is 15.2 Å². The van der Waals surface area contributed by atoms with Crippen LogP contribution >= 0.6 is 11.8 Å². The minimum absolute atomic E-state index is 0.0147. The maximum Gasteiger partial charge on any atom is 0.233 e. The predicted molar refractivity (Wildman–Crippen MR) is 94.8 cm³/mol. The van der Waals surface area contributed by atoms with Crippen molar-refractivity contribution in [2.24, 2.45) is 0 Å². The van der Waals surface area contributed by atoms with Crippen LogP contribution in [0, 0.1) is 0 Å². The molecule has 3 rings (SSSR count). The molecule has 3 aromatic rings. The highest BCUT2D eigenvalue weighted by atomic mass is 32.2. The van der Waals surface area contributed by atoms with Gasteiger partial charge in [-0.25, -0.2) is 0 Å². The second kappa shape index (κ2) is 7.98. The molecule has 0 saturated heterocycles. The van der Waals surface area contributed by atoms with Crippen molar-refractivity contribution in [3.05, 3.63) is 48.5 Å². The normalized spacial score (nSPS) is 10.8. The summed E-state index contributed by atoms with van der Waals surface area (Å²) in [6.07, 6.45) is 3.33. The van der Waals surface area contributed by atoms with Crippen molar-refractivity contribution >= 4 is 17.7 Å². The Kier molecular flexibility index (Phi) is 5.49. The quantitative estimate of drug-likeness (QED) is 0.605. The molecule has 1 amide bonds. The molecule has 0 aliphatic carbocycles. The molecule has 0 fully saturated rings. The van der Waals surface area contributed by atoms with Gasteiger partial charge in [-0.1, -0.05) is 17.8 Å². The minimum Gasteiger partial charge on any atom is -0.461 e. The van der Waals surface area contributed by atoms with Gasteiger partial charge in [-0.05, 0) is 31.2 Å². The number of hydrogen-bond acceptors (Lipinski definition) is 6. The van der Waals surface area contributed by atoms with Gasteiger partial charge in [0.25, 0.3) is 0 Å². The van der Waals surface area contributed by atoms with Crippen molar-refractivity contribution in [3.63, 3.8) is 0 Å². The summed E-state index contributed by atoms with van der Waals surface area (Å²) in [5.74, 6) is 1.64. The number of rotatable bonds is 7. The first-order valence-corrected chi connectivity index (χ1v) is 8.91. The van der Waals surface area contributed by atoms with Crippen molar-refractivity contribution < 1.29 is 9.21 Å². The molecule has 0 radical (unpaired) electrons. The largest absolute Gasteiger partial charge is 0.461 e. The summed E-state index contributed by atoms with van der Waals surface area (Å²) >= 11 is 1.37. The molecule has 0 saturated carbocycles. The second-order valence-electron chi connectivity index (χ2n) is 5.39. The molecule has 0 unspecified atom stereocenters. The highest BCUT2D eigenvalue weighted by molar-refractivity contribution is 7.99. The molecule has 7 nitrogen and oxygen atoms in total. The topological polar surface area (TPSA) is 77.1 Å². The van der Waals surface area contributed by atoms with Crippen LogP contribution in [0.25, 0.3) is 11.6 Å². The average molecular weight is 357 g/mol. The molecular formula is C17H19N5O2S. The van der Waals surface area contributed by atoms with Crippen LogP contribution in [0.5, 0.6) is 0 Å². The first kappa shape index (κ1) is 17.2. The third-order valence-corrected chi connectivity index (χ3v) is 4.60. The Hall–Kier alpha value is -2.61. The minimum atomic E-state index is 0.0147. The van der Waals surface area contributed by atoms with E-state index in [1.54, 1.807) is 24.4 Å². The lowest BCUT2D eigenvalue weighted by Gasteiger charge is -2.16. The standard InChI is InChI=1S/C17H19N5O2S/c1-3-22-16(14-8-6-10-24-14)19-20-17(22)25-12-15(23)21(2)11-13-7-4-5-9-18-13/h4-10H,3,11-12H2,1-2H3. The first-order valence-electron chi connectivity index (χ1n) is 7.92. The van der Waals surface area contributed by atoms with Crippen molar-refractivity contribution in [2.45, 2.75) is 25.2 Å². The van der Waals surface area contributed by atoms with Gasteiger partial charge in [0, 0.05) is 19.8 Å². The molecule has 0 bridgehead atoms. The molecule has 0 aromatic carbocycles. The van der Waals surface area contributed by atoms with E-state index in [9.17, 15) is 4.79 Å². The molecule has 130 valence electrons.